The highest BCUT2D eigenvalue weighted by atomic mass is 32.2. The summed E-state index contributed by atoms with van der Waals surface area (Å²) in [4.78, 5) is 35.7. The van der Waals surface area contributed by atoms with Crippen molar-refractivity contribution in [3.63, 3.8) is 0 Å². The molecule has 0 saturated carbocycles. The summed E-state index contributed by atoms with van der Waals surface area (Å²) in [6.45, 7) is 1.82. The fraction of sp³-hybridized carbons (Fsp3) is 0.438. The van der Waals surface area contributed by atoms with Gasteiger partial charge < -0.3 is 15.4 Å². The van der Waals surface area contributed by atoms with Crippen LogP contribution in [0.25, 0.3) is 0 Å². The van der Waals surface area contributed by atoms with Gasteiger partial charge in [-0.1, -0.05) is 12.1 Å². The second-order valence-corrected chi connectivity index (χ2v) is 6.67. The van der Waals surface area contributed by atoms with Crippen LogP contribution in [0.5, 0.6) is 0 Å². The number of halogens is 3. The predicted octanol–water partition coefficient (Wildman–Crippen LogP) is 2.20. The van der Waals surface area contributed by atoms with Crippen LogP contribution in [0.2, 0.25) is 0 Å². The summed E-state index contributed by atoms with van der Waals surface area (Å²) in [5.41, 5.74) is -1.33. The topological polar surface area (TPSA) is 84.5 Å². The van der Waals surface area contributed by atoms with Gasteiger partial charge in [-0.05, 0) is 19.1 Å². The van der Waals surface area contributed by atoms with Crippen molar-refractivity contribution < 1.29 is 32.3 Å². The van der Waals surface area contributed by atoms with Crippen molar-refractivity contribution in [3.8, 4) is 0 Å². The molecule has 0 spiro atoms. The molecule has 0 aromatic heterocycles. The zero-order valence-electron chi connectivity index (χ0n) is 13.8. The van der Waals surface area contributed by atoms with Crippen molar-refractivity contribution in [3.05, 3.63) is 29.8 Å². The molecule has 1 aliphatic rings. The van der Waals surface area contributed by atoms with Gasteiger partial charge in [-0.2, -0.15) is 13.2 Å². The molecule has 2 N–H and O–H groups in total. The summed E-state index contributed by atoms with van der Waals surface area (Å²) < 4.78 is 43.6. The minimum absolute atomic E-state index is 0.181. The van der Waals surface area contributed by atoms with Crippen molar-refractivity contribution in [2.45, 2.75) is 30.8 Å². The highest BCUT2D eigenvalue weighted by Gasteiger charge is 2.36. The Morgan fingerprint density at radius 3 is 2.65 bits per heavy atom. The Morgan fingerprint density at radius 2 is 2.04 bits per heavy atom. The summed E-state index contributed by atoms with van der Waals surface area (Å²) in [5, 5.41) is 3.86. The third kappa shape index (κ3) is 5.13. The Morgan fingerprint density at radius 1 is 1.35 bits per heavy atom. The number of carbonyl (C=O) groups is 3. The Kier molecular flexibility index (Phi) is 6.52. The lowest BCUT2D eigenvalue weighted by Gasteiger charge is -2.27. The summed E-state index contributed by atoms with van der Waals surface area (Å²) in [7, 11) is 0. The van der Waals surface area contributed by atoms with E-state index in [0.717, 1.165) is 23.9 Å². The van der Waals surface area contributed by atoms with E-state index in [0.29, 0.717) is 0 Å². The molecule has 1 aliphatic heterocycles. The first-order valence-electron chi connectivity index (χ1n) is 7.77. The third-order valence-electron chi connectivity index (χ3n) is 3.52. The van der Waals surface area contributed by atoms with Gasteiger partial charge in [0.2, 0.25) is 11.8 Å². The monoisotopic (exact) mass is 390 g/mol. The number of nitrogens with one attached hydrogen (secondary N) is 2. The number of esters is 1. The molecule has 1 aromatic rings. The maximum Gasteiger partial charge on any atom is 0.418 e. The maximum absolute atomic E-state index is 12.9. The number of amides is 2. The Bertz CT molecular complexity index is 696. The van der Waals surface area contributed by atoms with Crippen molar-refractivity contribution in [1.29, 1.82) is 0 Å². The molecule has 142 valence electrons. The Hall–Kier alpha value is -2.23. The quantitative estimate of drug-likeness (QED) is 0.753. The number of rotatable bonds is 5. The normalized spacial score (nSPS) is 20.2. The molecule has 0 bridgehead atoms. The lowest BCUT2D eigenvalue weighted by molar-refractivity contribution is -0.146. The third-order valence-corrected chi connectivity index (χ3v) is 4.83. The summed E-state index contributed by atoms with van der Waals surface area (Å²) in [5.74, 6) is -1.58. The minimum atomic E-state index is -4.60. The predicted molar refractivity (Wildman–Crippen MR) is 89.5 cm³/mol. The van der Waals surface area contributed by atoms with E-state index in [4.69, 9.17) is 4.74 Å². The molecular weight excluding hydrogens is 373 g/mol. The number of ether oxygens (including phenoxy) is 1. The van der Waals surface area contributed by atoms with Gasteiger partial charge >= 0.3 is 12.1 Å². The molecule has 1 saturated heterocycles. The first-order valence-corrected chi connectivity index (χ1v) is 8.82. The van der Waals surface area contributed by atoms with Crippen LogP contribution in [0.3, 0.4) is 0 Å². The molecule has 0 radical (unpaired) electrons. The summed E-state index contributed by atoms with van der Waals surface area (Å²) in [6.07, 6.45) is -4.91. The Labute approximate surface area is 151 Å². The van der Waals surface area contributed by atoms with Crippen LogP contribution in [0.4, 0.5) is 18.9 Å². The molecule has 10 heteroatoms. The highest BCUT2D eigenvalue weighted by molar-refractivity contribution is 8.00. The number of carbonyl (C=O) groups excluding carboxylic acids is 3. The molecule has 0 unspecified atom stereocenters. The molecular formula is C16H17F3N2O4S. The van der Waals surface area contributed by atoms with Gasteiger partial charge in [0.25, 0.3) is 0 Å². The largest absolute Gasteiger partial charge is 0.464 e. The van der Waals surface area contributed by atoms with E-state index in [1.165, 1.54) is 12.1 Å². The zero-order chi connectivity index (χ0) is 19.3. The standard InChI is InChI=1S/C16H17F3N2O4S/c1-2-25-15(24)11-8-26-12(14(23)21-11)7-13(22)20-10-6-4-3-5-9(10)16(17,18)19/h3-6,11-12H,2,7-8H2,1H3,(H,20,22)(H,21,23)/t11-,12-/m1/s1. The van der Waals surface area contributed by atoms with Crippen LogP contribution >= 0.6 is 11.8 Å². The van der Waals surface area contributed by atoms with Crippen LogP contribution < -0.4 is 10.6 Å². The van der Waals surface area contributed by atoms with E-state index in [1.54, 1.807) is 6.92 Å². The van der Waals surface area contributed by atoms with Crippen LogP contribution in [0.15, 0.2) is 24.3 Å². The van der Waals surface area contributed by atoms with E-state index >= 15 is 0 Å². The van der Waals surface area contributed by atoms with Crippen LogP contribution in [0, 0.1) is 0 Å². The number of thioether (sulfide) groups is 1. The van der Waals surface area contributed by atoms with Gasteiger partial charge in [0.1, 0.15) is 6.04 Å². The maximum atomic E-state index is 12.9. The molecule has 1 heterocycles. The Balaban J connectivity index is 1.96. The van der Waals surface area contributed by atoms with E-state index < -0.39 is 40.8 Å². The number of hydrogen-bond donors (Lipinski definition) is 2. The van der Waals surface area contributed by atoms with E-state index in [9.17, 15) is 27.6 Å². The summed E-state index contributed by atoms with van der Waals surface area (Å²) >= 11 is 1.09. The number of anilines is 1. The van der Waals surface area contributed by atoms with Gasteiger partial charge in [-0.15, -0.1) is 11.8 Å². The number of alkyl halides is 3. The van der Waals surface area contributed by atoms with E-state index in [2.05, 4.69) is 10.6 Å². The second kappa shape index (κ2) is 8.43. The molecule has 2 amide bonds. The SMILES string of the molecule is CCOC(=O)[C@H]1CS[C@H](CC(=O)Nc2ccccc2C(F)(F)F)C(=O)N1. The molecule has 6 nitrogen and oxygen atoms in total. The zero-order valence-corrected chi connectivity index (χ0v) is 14.6. The number of hydrogen-bond acceptors (Lipinski definition) is 5. The molecule has 2 rings (SSSR count). The average Bonchev–Trinajstić information content (AvgIpc) is 2.56. The summed E-state index contributed by atoms with van der Waals surface area (Å²) in [6, 6.07) is 3.81. The van der Waals surface area contributed by atoms with Crippen molar-refractivity contribution in [1.82, 2.24) is 5.32 Å². The van der Waals surface area contributed by atoms with Crippen LogP contribution in [0.1, 0.15) is 18.9 Å². The molecule has 0 aliphatic carbocycles. The van der Waals surface area contributed by atoms with Gasteiger partial charge in [-0.25, -0.2) is 4.79 Å². The smallest absolute Gasteiger partial charge is 0.418 e. The van der Waals surface area contributed by atoms with Crippen molar-refractivity contribution in [2.24, 2.45) is 0 Å². The molecule has 26 heavy (non-hydrogen) atoms. The fourth-order valence-corrected chi connectivity index (χ4v) is 3.46. The number of para-hydroxylation sites is 1. The van der Waals surface area contributed by atoms with Gasteiger partial charge in [-0.3, -0.25) is 9.59 Å². The second-order valence-electron chi connectivity index (χ2n) is 5.43. The van der Waals surface area contributed by atoms with Gasteiger partial charge in [0.05, 0.1) is 23.1 Å². The molecule has 1 fully saturated rings. The lowest BCUT2D eigenvalue weighted by Crippen LogP contribution is -2.51. The van der Waals surface area contributed by atoms with Gasteiger partial charge in [0.15, 0.2) is 0 Å². The van der Waals surface area contributed by atoms with Crippen LogP contribution in [-0.4, -0.2) is 41.4 Å². The first kappa shape index (κ1) is 20.1. The lowest BCUT2D eigenvalue weighted by atomic mass is 10.1. The fourth-order valence-electron chi connectivity index (χ4n) is 2.32. The first-order chi connectivity index (χ1) is 12.2. The van der Waals surface area contributed by atoms with Crippen molar-refractivity contribution in [2.75, 3.05) is 17.7 Å². The number of benzene rings is 1. The van der Waals surface area contributed by atoms with Crippen molar-refractivity contribution >= 4 is 35.2 Å². The minimum Gasteiger partial charge on any atom is -0.464 e. The average molecular weight is 390 g/mol. The van der Waals surface area contributed by atoms with E-state index in [-0.39, 0.29) is 24.5 Å². The van der Waals surface area contributed by atoms with Crippen LogP contribution in [-0.2, 0) is 25.3 Å². The highest BCUT2D eigenvalue weighted by Crippen LogP contribution is 2.34. The van der Waals surface area contributed by atoms with Gasteiger partial charge in [0, 0.05) is 12.2 Å². The van der Waals surface area contributed by atoms with E-state index in [1.807, 2.05) is 0 Å². The molecule has 2 atom stereocenters. The molecule has 1 aromatic carbocycles.